The number of benzene rings is 1. The summed E-state index contributed by atoms with van der Waals surface area (Å²) in [6.45, 7) is 1.31. The topological polar surface area (TPSA) is 120 Å². The van der Waals surface area contributed by atoms with Crippen LogP contribution >= 0.6 is 0 Å². The number of amides is 1. The minimum absolute atomic E-state index is 0.0177. The van der Waals surface area contributed by atoms with Crippen LogP contribution in [0.2, 0.25) is 0 Å². The Balaban J connectivity index is 3.23. The van der Waals surface area contributed by atoms with Gasteiger partial charge in [0.25, 0.3) is 0 Å². The van der Waals surface area contributed by atoms with Crippen LogP contribution in [0.15, 0.2) is 18.2 Å². The molecule has 0 saturated carbocycles. The van der Waals surface area contributed by atoms with Crippen molar-refractivity contribution in [2.24, 2.45) is 11.7 Å². The van der Waals surface area contributed by atoms with Crippen molar-refractivity contribution in [3.63, 3.8) is 0 Å². The van der Waals surface area contributed by atoms with Crippen molar-refractivity contribution in [1.82, 2.24) is 0 Å². The van der Waals surface area contributed by atoms with Gasteiger partial charge in [0.1, 0.15) is 12.2 Å². The Bertz CT molecular complexity index is 566. The number of anilines is 1. The summed E-state index contributed by atoms with van der Waals surface area (Å²) in [5, 5.41) is 0. The standard InChI is InChI=1S/C14H16N2O4/c1-8(18)10-5-4-9(15)7-12(10)13(19)11(14(16)20)3-2-6-17/h4-7,11H,2-3,15H2,1H3,(H2,16,20). The summed E-state index contributed by atoms with van der Waals surface area (Å²) < 4.78 is 0. The van der Waals surface area contributed by atoms with E-state index in [-0.39, 0.29) is 29.8 Å². The van der Waals surface area contributed by atoms with E-state index in [0.29, 0.717) is 12.0 Å². The highest BCUT2D eigenvalue weighted by Gasteiger charge is 2.27. The molecular weight excluding hydrogens is 260 g/mol. The van der Waals surface area contributed by atoms with E-state index in [2.05, 4.69) is 0 Å². The number of aldehydes is 1. The summed E-state index contributed by atoms with van der Waals surface area (Å²) in [5.41, 5.74) is 11.3. The third-order valence-electron chi connectivity index (χ3n) is 2.92. The Kier molecular flexibility index (Phi) is 5.14. The third-order valence-corrected chi connectivity index (χ3v) is 2.92. The monoisotopic (exact) mass is 276 g/mol. The largest absolute Gasteiger partial charge is 0.399 e. The molecule has 0 aliphatic carbocycles. The molecule has 0 aliphatic heterocycles. The van der Waals surface area contributed by atoms with Crippen molar-refractivity contribution < 1.29 is 19.2 Å². The molecule has 4 N–H and O–H groups in total. The molecule has 0 heterocycles. The lowest BCUT2D eigenvalue weighted by Crippen LogP contribution is -2.31. The molecular formula is C14H16N2O4. The molecule has 106 valence electrons. The van der Waals surface area contributed by atoms with E-state index >= 15 is 0 Å². The van der Waals surface area contributed by atoms with Gasteiger partial charge in [0, 0.05) is 23.2 Å². The summed E-state index contributed by atoms with van der Waals surface area (Å²) in [4.78, 5) is 45.6. The van der Waals surface area contributed by atoms with Crippen molar-refractivity contribution in [3.8, 4) is 0 Å². The summed E-state index contributed by atoms with van der Waals surface area (Å²) in [7, 11) is 0. The van der Waals surface area contributed by atoms with Gasteiger partial charge in [0.05, 0.1) is 0 Å². The highest BCUT2D eigenvalue weighted by atomic mass is 16.2. The zero-order valence-electron chi connectivity index (χ0n) is 11.1. The summed E-state index contributed by atoms with van der Waals surface area (Å²) in [5.74, 6) is -2.86. The van der Waals surface area contributed by atoms with E-state index in [9.17, 15) is 19.2 Å². The van der Waals surface area contributed by atoms with E-state index in [4.69, 9.17) is 11.5 Å². The Labute approximate surface area is 116 Å². The average molecular weight is 276 g/mol. The first-order valence-corrected chi connectivity index (χ1v) is 6.06. The van der Waals surface area contributed by atoms with Crippen LogP contribution in [0.1, 0.15) is 40.5 Å². The van der Waals surface area contributed by atoms with Crippen LogP contribution in [-0.4, -0.2) is 23.8 Å². The van der Waals surface area contributed by atoms with Gasteiger partial charge in [-0.05, 0) is 31.5 Å². The molecule has 6 heteroatoms. The minimum atomic E-state index is -1.14. The number of hydrogen-bond donors (Lipinski definition) is 2. The lowest BCUT2D eigenvalue weighted by Gasteiger charge is -2.13. The number of nitrogens with two attached hydrogens (primary N) is 2. The highest BCUT2D eigenvalue weighted by molar-refractivity contribution is 6.15. The number of nitrogen functional groups attached to an aromatic ring is 1. The maximum atomic E-state index is 12.3. The zero-order valence-corrected chi connectivity index (χ0v) is 11.1. The molecule has 1 unspecified atom stereocenters. The Morgan fingerprint density at radius 2 is 1.90 bits per heavy atom. The summed E-state index contributed by atoms with van der Waals surface area (Å²) >= 11 is 0. The maximum absolute atomic E-state index is 12.3. The van der Waals surface area contributed by atoms with Crippen LogP contribution in [0.3, 0.4) is 0 Å². The molecule has 1 aromatic rings. The van der Waals surface area contributed by atoms with Gasteiger partial charge in [0.15, 0.2) is 11.6 Å². The molecule has 0 aromatic heterocycles. The van der Waals surface area contributed by atoms with Crippen LogP contribution in [0, 0.1) is 5.92 Å². The predicted octanol–water partition coefficient (Wildman–Crippen LogP) is 0.735. The van der Waals surface area contributed by atoms with E-state index in [1.54, 1.807) is 0 Å². The maximum Gasteiger partial charge on any atom is 0.228 e. The van der Waals surface area contributed by atoms with Crippen molar-refractivity contribution in [1.29, 1.82) is 0 Å². The van der Waals surface area contributed by atoms with Crippen LogP contribution in [0.4, 0.5) is 5.69 Å². The second kappa shape index (κ2) is 6.60. The quantitative estimate of drug-likeness (QED) is 0.329. The number of Topliss-reactive ketones (excluding diaryl/α,β-unsaturated/α-hetero) is 2. The van der Waals surface area contributed by atoms with E-state index in [1.807, 2.05) is 0 Å². The van der Waals surface area contributed by atoms with E-state index in [1.165, 1.54) is 25.1 Å². The molecule has 1 rings (SSSR count). The second-order valence-electron chi connectivity index (χ2n) is 4.42. The molecule has 0 saturated heterocycles. The second-order valence-corrected chi connectivity index (χ2v) is 4.42. The molecule has 0 radical (unpaired) electrons. The summed E-state index contributed by atoms with van der Waals surface area (Å²) in [6.07, 6.45) is 0.662. The fraction of sp³-hybridized carbons (Fsp3) is 0.286. The van der Waals surface area contributed by atoms with Gasteiger partial charge in [0.2, 0.25) is 5.91 Å². The normalized spacial score (nSPS) is 11.7. The van der Waals surface area contributed by atoms with Gasteiger partial charge in [-0.1, -0.05) is 0 Å². The number of carbonyl (C=O) groups excluding carboxylic acids is 4. The van der Waals surface area contributed by atoms with Crippen LogP contribution in [0.25, 0.3) is 0 Å². The number of carbonyl (C=O) groups is 4. The minimum Gasteiger partial charge on any atom is -0.399 e. The first-order chi connectivity index (χ1) is 9.38. The summed E-state index contributed by atoms with van der Waals surface area (Å²) in [6, 6.07) is 4.27. The van der Waals surface area contributed by atoms with Gasteiger partial charge in [-0.2, -0.15) is 0 Å². The number of rotatable bonds is 7. The molecule has 0 bridgehead atoms. The van der Waals surface area contributed by atoms with Crippen molar-refractivity contribution in [2.75, 3.05) is 5.73 Å². The third kappa shape index (κ3) is 3.50. The van der Waals surface area contributed by atoms with Crippen molar-refractivity contribution in [3.05, 3.63) is 29.3 Å². The van der Waals surface area contributed by atoms with Gasteiger partial charge >= 0.3 is 0 Å². The predicted molar refractivity (Wildman–Crippen MR) is 73.2 cm³/mol. The fourth-order valence-electron chi connectivity index (χ4n) is 1.90. The van der Waals surface area contributed by atoms with Gasteiger partial charge < -0.3 is 16.3 Å². The molecule has 1 amide bonds. The highest BCUT2D eigenvalue weighted by Crippen LogP contribution is 2.20. The van der Waals surface area contributed by atoms with Gasteiger partial charge in [-0.15, -0.1) is 0 Å². The number of ketones is 2. The van der Waals surface area contributed by atoms with E-state index < -0.39 is 17.6 Å². The molecule has 20 heavy (non-hydrogen) atoms. The van der Waals surface area contributed by atoms with Gasteiger partial charge in [-0.3, -0.25) is 14.4 Å². The van der Waals surface area contributed by atoms with Crippen molar-refractivity contribution >= 4 is 29.4 Å². The molecule has 1 aromatic carbocycles. The van der Waals surface area contributed by atoms with Crippen LogP contribution in [-0.2, 0) is 9.59 Å². The molecule has 6 nitrogen and oxygen atoms in total. The lowest BCUT2D eigenvalue weighted by atomic mass is 9.89. The zero-order chi connectivity index (χ0) is 15.3. The Morgan fingerprint density at radius 3 is 2.40 bits per heavy atom. The molecule has 0 fully saturated rings. The molecule has 1 atom stereocenters. The van der Waals surface area contributed by atoms with Crippen LogP contribution < -0.4 is 11.5 Å². The Morgan fingerprint density at radius 1 is 1.25 bits per heavy atom. The lowest BCUT2D eigenvalue weighted by molar-refractivity contribution is -0.120. The smallest absolute Gasteiger partial charge is 0.228 e. The molecule has 0 aliphatic rings. The number of hydrogen-bond acceptors (Lipinski definition) is 5. The first kappa shape index (κ1) is 15.6. The number of primary amides is 1. The SMILES string of the molecule is CC(=O)c1ccc(N)cc1C(=O)C(CCC=O)C(N)=O. The van der Waals surface area contributed by atoms with E-state index in [0.717, 1.165) is 0 Å². The van der Waals surface area contributed by atoms with Gasteiger partial charge in [-0.25, -0.2) is 0 Å². The fourth-order valence-corrected chi connectivity index (χ4v) is 1.90. The Hall–Kier alpha value is -2.50. The van der Waals surface area contributed by atoms with Crippen LogP contribution in [0.5, 0.6) is 0 Å². The first-order valence-electron chi connectivity index (χ1n) is 6.06. The van der Waals surface area contributed by atoms with Crippen molar-refractivity contribution in [2.45, 2.75) is 19.8 Å². The average Bonchev–Trinajstić information content (AvgIpc) is 2.38. The molecule has 0 spiro atoms.